The molecule has 1 saturated heterocycles. The van der Waals surface area contributed by atoms with Gasteiger partial charge in [0.25, 0.3) is 0 Å². The number of nitrogens with one attached hydrogen (secondary N) is 1. The third kappa shape index (κ3) is 3.77. The van der Waals surface area contributed by atoms with Crippen LogP contribution in [0.3, 0.4) is 0 Å². The van der Waals surface area contributed by atoms with Gasteiger partial charge in [0.15, 0.2) is 5.11 Å². The molecule has 1 aliphatic rings. The highest BCUT2D eigenvalue weighted by Crippen LogP contribution is 2.41. The Balaban J connectivity index is 1.88. The van der Waals surface area contributed by atoms with Crippen molar-refractivity contribution in [1.29, 1.82) is 0 Å². The molecule has 0 spiro atoms. The van der Waals surface area contributed by atoms with Crippen molar-refractivity contribution in [3.63, 3.8) is 0 Å². The first-order chi connectivity index (χ1) is 11.6. The van der Waals surface area contributed by atoms with Crippen molar-refractivity contribution in [3.8, 4) is 0 Å². The molecule has 0 saturated carbocycles. The molecule has 0 aliphatic carbocycles. The fraction of sp³-hybridized carbons (Fsp3) is 0.444. The average molecular weight is 361 g/mol. The number of rotatable bonds is 6. The Kier molecular flexibility index (Phi) is 5.48. The molecule has 3 heterocycles. The maximum atomic E-state index is 5.66. The molecule has 6 heteroatoms. The van der Waals surface area contributed by atoms with Gasteiger partial charge < -0.3 is 15.1 Å². The van der Waals surface area contributed by atoms with Gasteiger partial charge in [0.1, 0.15) is 0 Å². The highest BCUT2D eigenvalue weighted by Gasteiger charge is 2.40. The zero-order valence-corrected chi connectivity index (χ0v) is 16.0. The van der Waals surface area contributed by atoms with Gasteiger partial charge in [0.05, 0.1) is 17.8 Å². The maximum Gasteiger partial charge on any atom is 0.170 e. The Morgan fingerprint density at radius 3 is 2.75 bits per heavy atom. The second-order valence-corrected chi connectivity index (χ2v) is 8.13. The van der Waals surface area contributed by atoms with Crippen molar-refractivity contribution in [3.05, 3.63) is 52.0 Å². The molecule has 0 radical (unpaired) electrons. The smallest absolute Gasteiger partial charge is 0.170 e. The summed E-state index contributed by atoms with van der Waals surface area (Å²) in [7, 11) is 4.22. The topological polar surface area (TPSA) is 31.4 Å². The van der Waals surface area contributed by atoms with Crippen molar-refractivity contribution in [2.45, 2.75) is 25.4 Å². The first-order valence-electron chi connectivity index (χ1n) is 8.25. The number of nitrogens with zero attached hydrogens (tertiary/aromatic N) is 3. The van der Waals surface area contributed by atoms with Gasteiger partial charge in [-0.25, -0.2) is 0 Å². The van der Waals surface area contributed by atoms with E-state index in [1.54, 1.807) is 0 Å². The first-order valence-corrected chi connectivity index (χ1v) is 9.48. The summed E-state index contributed by atoms with van der Waals surface area (Å²) in [5, 5.41) is 4.34. The predicted octanol–water partition coefficient (Wildman–Crippen LogP) is 3.38. The summed E-state index contributed by atoms with van der Waals surface area (Å²) in [4.78, 5) is 11.8. The minimum absolute atomic E-state index is 0.108. The molecule has 24 heavy (non-hydrogen) atoms. The van der Waals surface area contributed by atoms with Crippen LogP contribution in [0.15, 0.2) is 36.5 Å². The zero-order chi connectivity index (χ0) is 17.1. The average Bonchev–Trinajstić information content (AvgIpc) is 3.12. The fourth-order valence-electron chi connectivity index (χ4n) is 3.12. The van der Waals surface area contributed by atoms with Gasteiger partial charge in [-0.1, -0.05) is 6.07 Å². The molecule has 128 valence electrons. The monoisotopic (exact) mass is 360 g/mol. The molecule has 4 nitrogen and oxygen atoms in total. The lowest BCUT2D eigenvalue weighted by atomic mass is 10.0. The minimum atomic E-state index is 0.108. The van der Waals surface area contributed by atoms with Crippen LogP contribution in [0.4, 0.5) is 0 Å². The molecule has 0 aromatic carbocycles. The lowest BCUT2D eigenvalue weighted by molar-refractivity contribution is 0.296. The van der Waals surface area contributed by atoms with Crippen molar-refractivity contribution in [1.82, 2.24) is 20.1 Å². The SMILES string of the molecule is Cc1ccc(C2C(c3ccccn3)NC(=S)N2CCCN(C)C)s1. The molecule has 2 aromatic heterocycles. The highest BCUT2D eigenvalue weighted by molar-refractivity contribution is 7.80. The summed E-state index contributed by atoms with van der Waals surface area (Å²) in [6.07, 6.45) is 2.94. The number of thiophene rings is 1. The summed E-state index contributed by atoms with van der Waals surface area (Å²) in [6, 6.07) is 10.8. The van der Waals surface area contributed by atoms with Crippen LogP contribution in [0.5, 0.6) is 0 Å². The molecule has 0 bridgehead atoms. The zero-order valence-electron chi connectivity index (χ0n) is 14.4. The van der Waals surface area contributed by atoms with Crippen molar-refractivity contribution in [2.24, 2.45) is 0 Å². The predicted molar refractivity (Wildman–Crippen MR) is 104 cm³/mol. The second kappa shape index (κ2) is 7.59. The van der Waals surface area contributed by atoms with E-state index in [2.05, 4.69) is 59.3 Å². The first kappa shape index (κ1) is 17.3. The Bertz CT molecular complexity index is 683. The number of aryl methyl sites for hydroxylation is 1. The third-order valence-electron chi connectivity index (χ3n) is 4.25. The Hall–Kier alpha value is -1.50. The Labute approximate surface area is 153 Å². The third-order valence-corrected chi connectivity index (χ3v) is 5.68. The van der Waals surface area contributed by atoms with E-state index in [0.717, 1.165) is 30.3 Å². The minimum Gasteiger partial charge on any atom is -0.352 e. The summed E-state index contributed by atoms with van der Waals surface area (Å²) in [6.45, 7) is 4.17. The molecule has 1 fully saturated rings. The molecule has 0 amide bonds. The summed E-state index contributed by atoms with van der Waals surface area (Å²) >= 11 is 7.51. The van der Waals surface area contributed by atoms with Crippen LogP contribution in [0.2, 0.25) is 0 Å². The van der Waals surface area contributed by atoms with E-state index in [0.29, 0.717) is 0 Å². The molecule has 2 unspecified atom stereocenters. The van der Waals surface area contributed by atoms with Crippen molar-refractivity contribution < 1.29 is 0 Å². The van der Waals surface area contributed by atoms with Crippen LogP contribution in [0.25, 0.3) is 0 Å². The van der Waals surface area contributed by atoms with E-state index in [4.69, 9.17) is 12.2 Å². The van der Waals surface area contributed by atoms with Crippen LogP contribution < -0.4 is 5.32 Å². The number of thiocarbonyl (C=S) groups is 1. The van der Waals surface area contributed by atoms with Gasteiger partial charge in [-0.15, -0.1) is 11.3 Å². The van der Waals surface area contributed by atoms with Crippen LogP contribution in [0.1, 0.15) is 34.0 Å². The maximum absolute atomic E-state index is 5.66. The number of hydrogen-bond acceptors (Lipinski definition) is 4. The molecular weight excluding hydrogens is 336 g/mol. The fourth-order valence-corrected chi connectivity index (χ4v) is 4.48. The summed E-state index contributed by atoms with van der Waals surface area (Å²) in [5.74, 6) is 0. The summed E-state index contributed by atoms with van der Waals surface area (Å²) < 4.78 is 0. The Morgan fingerprint density at radius 1 is 1.29 bits per heavy atom. The standard InChI is InChI=1S/C18H24N4S2/c1-13-8-9-15(24-13)17-16(14-7-4-5-10-19-14)20-18(23)22(17)12-6-11-21(2)3/h4-5,7-10,16-17H,6,11-12H2,1-3H3,(H,20,23). The van der Waals surface area contributed by atoms with E-state index < -0.39 is 0 Å². The largest absolute Gasteiger partial charge is 0.352 e. The normalized spacial score (nSPS) is 20.7. The van der Waals surface area contributed by atoms with Crippen molar-refractivity contribution >= 4 is 28.7 Å². The van der Waals surface area contributed by atoms with E-state index in [9.17, 15) is 0 Å². The van der Waals surface area contributed by atoms with Crippen LogP contribution >= 0.6 is 23.6 Å². The van der Waals surface area contributed by atoms with Crippen LogP contribution in [-0.2, 0) is 0 Å². The molecule has 1 N–H and O–H groups in total. The van der Waals surface area contributed by atoms with Gasteiger partial charge in [0, 0.05) is 22.5 Å². The molecule has 1 aliphatic heterocycles. The van der Waals surface area contributed by atoms with Gasteiger partial charge >= 0.3 is 0 Å². The number of aromatic nitrogens is 1. The van der Waals surface area contributed by atoms with E-state index in [-0.39, 0.29) is 12.1 Å². The van der Waals surface area contributed by atoms with Gasteiger partial charge in [-0.05, 0) is 70.5 Å². The second-order valence-electron chi connectivity index (χ2n) is 6.43. The van der Waals surface area contributed by atoms with E-state index >= 15 is 0 Å². The van der Waals surface area contributed by atoms with E-state index in [1.807, 2.05) is 29.7 Å². The quantitative estimate of drug-likeness (QED) is 0.798. The lowest BCUT2D eigenvalue weighted by Gasteiger charge is -2.27. The lowest BCUT2D eigenvalue weighted by Crippen LogP contribution is -2.32. The van der Waals surface area contributed by atoms with Crippen LogP contribution in [-0.4, -0.2) is 47.1 Å². The van der Waals surface area contributed by atoms with Crippen molar-refractivity contribution in [2.75, 3.05) is 27.2 Å². The summed E-state index contributed by atoms with van der Waals surface area (Å²) in [5.41, 5.74) is 1.05. The van der Waals surface area contributed by atoms with Gasteiger partial charge in [0.2, 0.25) is 0 Å². The number of hydrogen-bond donors (Lipinski definition) is 1. The van der Waals surface area contributed by atoms with E-state index in [1.165, 1.54) is 9.75 Å². The molecular formula is C18H24N4S2. The number of pyridine rings is 1. The molecule has 3 rings (SSSR count). The van der Waals surface area contributed by atoms with Crippen LogP contribution in [0, 0.1) is 6.92 Å². The van der Waals surface area contributed by atoms with Gasteiger partial charge in [-0.3, -0.25) is 4.98 Å². The highest BCUT2D eigenvalue weighted by atomic mass is 32.1. The molecule has 2 atom stereocenters. The molecule has 2 aromatic rings. The van der Waals surface area contributed by atoms with Gasteiger partial charge in [-0.2, -0.15) is 0 Å². The Morgan fingerprint density at radius 2 is 2.12 bits per heavy atom.